The molecule has 0 aromatic rings. The molecule has 1 unspecified atom stereocenters. The summed E-state index contributed by atoms with van der Waals surface area (Å²) in [4.78, 5) is 23.6. The summed E-state index contributed by atoms with van der Waals surface area (Å²) < 4.78 is 5.34. The maximum absolute atomic E-state index is 12.3. The third-order valence-corrected chi connectivity index (χ3v) is 7.21. The van der Waals surface area contributed by atoms with E-state index in [-0.39, 0.29) is 17.6 Å². The Kier molecular flexibility index (Phi) is 5.78. The van der Waals surface area contributed by atoms with E-state index in [2.05, 4.69) is 45.2 Å². The Morgan fingerprint density at radius 2 is 1.50 bits per heavy atom. The number of esters is 1. The molecule has 0 aromatic heterocycles. The Hall–Kier alpha value is -0.646. The van der Waals surface area contributed by atoms with Gasteiger partial charge in [0, 0.05) is 5.20 Å². The monoisotopic (exact) mass is 286 g/mol. The summed E-state index contributed by atoms with van der Waals surface area (Å²) in [5.41, 5.74) is -0.357. The highest BCUT2D eigenvalue weighted by Crippen LogP contribution is 2.35. The summed E-state index contributed by atoms with van der Waals surface area (Å²) in [6.45, 7) is 16.2. The second-order valence-corrected chi connectivity index (χ2v) is 17.4. The van der Waals surface area contributed by atoms with Crippen molar-refractivity contribution in [3.63, 3.8) is 0 Å². The molecule has 0 fully saturated rings. The predicted octanol–water partition coefficient (Wildman–Crippen LogP) is 3.28. The van der Waals surface area contributed by atoms with E-state index in [0.29, 0.717) is 5.20 Å². The second kappa shape index (κ2) is 6.00. The molecule has 3 nitrogen and oxygen atoms in total. The summed E-state index contributed by atoms with van der Waals surface area (Å²) in [6, 6.07) is 0. The van der Waals surface area contributed by atoms with Gasteiger partial charge in [0.2, 0.25) is 0 Å². The largest absolute Gasteiger partial charge is 0.463 e. The molecule has 0 radical (unpaired) electrons. The lowest BCUT2D eigenvalue weighted by molar-refractivity contribution is -0.146. The maximum atomic E-state index is 12.3. The number of carbonyl (C=O) groups excluding carboxylic acids is 2. The Bertz CT molecular complexity index is 355. The third-order valence-electron chi connectivity index (χ3n) is 2.66. The topological polar surface area (TPSA) is 43.4 Å². The Balaban J connectivity index is 5.53. The van der Waals surface area contributed by atoms with Crippen molar-refractivity contribution in [1.82, 2.24) is 0 Å². The van der Waals surface area contributed by atoms with Gasteiger partial charge in [-0.15, -0.1) is 0 Å². The minimum atomic E-state index is -1.85. The molecule has 0 N–H and O–H groups in total. The molecule has 0 saturated carbocycles. The van der Waals surface area contributed by atoms with E-state index in [1.807, 2.05) is 13.8 Å². The number of carbonyl (C=O) groups is 1. The number of rotatable bonds is 5. The van der Waals surface area contributed by atoms with Crippen molar-refractivity contribution in [2.24, 2.45) is 0 Å². The highest BCUT2D eigenvalue weighted by Gasteiger charge is 2.43. The van der Waals surface area contributed by atoms with Crippen LogP contribution in [0.15, 0.2) is 5.20 Å². The highest BCUT2D eigenvalue weighted by atomic mass is 28.3. The average molecular weight is 287 g/mol. The molecular weight excluding hydrogens is 260 g/mol. The zero-order valence-electron chi connectivity index (χ0n) is 12.9. The van der Waals surface area contributed by atoms with Crippen LogP contribution in [0.1, 0.15) is 13.8 Å². The first-order valence-corrected chi connectivity index (χ1v) is 13.4. The van der Waals surface area contributed by atoms with Crippen molar-refractivity contribution in [3.8, 4) is 0 Å². The van der Waals surface area contributed by atoms with Gasteiger partial charge in [0.1, 0.15) is 5.94 Å². The van der Waals surface area contributed by atoms with Crippen LogP contribution in [0.25, 0.3) is 0 Å². The van der Waals surface area contributed by atoms with E-state index < -0.39 is 16.1 Å². The standard InChI is InChI=1S/C13H26O3Si2/c1-10(2)16-13(15)12(18(6,7)8)11(9-14)17(3,4)5/h10,12H,1-8H3. The predicted molar refractivity (Wildman–Crippen MR) is 80.9 cm³/mol. The lowest BCUT2D eigenvalue weighted by atomic mass is 10.4. The summed E-state index contributed by atoms with van der Waals surface area (Å²) in [7, 11) is -3.70. The first-order valence-electron chi connectivity index (χ1n) is 6.37. The van der Waals surface area contributed by atoms with Gasteiger partial charge in [0.25, 0.3) is 0 Å². The van der Waals surface area contributed by atoms with Gasteiger partial charge in [-0.1, -0.05) is 39.3 Å². The second-order valence-electron chi connectivity index (χ2n) is 7.05. The van der Waals surface area contributed by atoms with Crippen molar-refractivity contribution in [3.05, 3.63) is 5.20 Å². The smallest absolute Gasteiger partial charge is 0.310 e. The fourth-order valence-corrected chi connectivity index (χ4v) is 7.44. The van der Waals surface area contributed by atoms with Crippen LogP contribution in [0.2, 0.25) is 44.8 Å². The number of ether oxygens (including phenoxy) is 1. The van der Waals surface area contributed by atoms with Gasteiger partial charge in [-0.25, -0.2) is 4.79 Å². The van der Waals surface area contributed by atoms with E-state index in [1.165, 1.54) is 0 Å². The quantitative estimate of drug-likeness (QED) is 0.442. The van der Waals surface area contributed by atoms with E-state index in [4.69, 9.17) is 4.74 Å². The number of hydrogen-bond donors (Lipinski definition) is 0. The van der Waals surface area contributed by atoms with Crippen molar-refractivity contribution < 1.29 is 14.3 Å². The molecule has 104 valence electrons. The van der Waals surface area contributed by atoms with E-state index in [0.717, 1.165) is 0 Å². The van der Waals surface area contributed by atoms with Gasteiger partial charge >= 0.3 is 5.97 Å². The van der Waals surface area contributed by atoms with Crippen LogP contribution in [0.3, 0.4) is 0 Å². The molecule has 0 amide bonds. The first kappa shape index (κ1) is 17.4. The van der Waals surface area contributed by atoms with Crippen LogP contribution in [0, 0.1) is 0 Å². The molecule has 0 aliphatic carbocycles. The fraction of sp³-hybridized carbons (Fsp3) is 0.769. The van der Waals surface area contributed by atoms with Gasteiger partial charge in [0.05, 0.1) is 27.8 Å². The first-order chi connectivity index (χ1) is 7.91. The molecular formula is C13H26O3Si2. The molecule has 0 aromatic carbocycles. The molecule has 0 saturated heterocycles. The molecule has 1 atom stereocenters. The van der Waals surface area contributed by atoms with Gasteiger partial charge in [0.15, 0.2) is 0 Å². The van der Waals surface area contributed by atoms with Gasteiger partial charge in [-0.2, -0.15) is 0 Å². The van der Waals surface area contributed by atoms with Gasteiger partial charge in [-0.3, -0.25) is 4.79 Å². The lowest BCUT2D eigenvalue weighted by Gasteiger charge is -2.33. The van der Waals surface area contributed by atoms with E-state index in [1.54, 1.807) is 0 Å². The average Bonchev–Trinajstić information content (AvgIpc) is 2.07. The maximum Gasteiger partial charge on any atom is 0.310 e. The van der Waals surface area contributed by atoms with Crippen molar-refractivity contribution in [1.29, 1.82) is 0 Å². The third kappa shape index (κ3) is 4.92. The normalized spacial score (nSPS) is 14.1. The Labute approximate surface area is 113 Å². The van der Waals surface area contributed by atoms with Gasteiger partial charge < -0.3 is 4.74 Å². The van der Waals surface area contributed by atoms with Crippen LogP contribution in [-0.4, -0.2) is 34.2 Å². The molecule has 0 heterocycles. The summed E-state index contributed by atoms with van der Waals surface area (Å²) >= 11 is 0. The zero-order chi connectivity index (χ0) is 14.7. The van der Waals surface area contributed by atoms with Crippen LogP contribution in [-0.2, 0) is 14.3 Å². The lowest BCUT2D eigenvalue weighted by Crippen LogP contribution is -2.43. The minimum absolute atomic E-state index is 0.147. The van der Waals surface area contributed by atoms with Crippen molar-refractivity contribution in [2.75, 3.05) is 0 Å². The molecule has 5 heteroatoms. The minimum Gasteiger partial charge on any atom is -0.463 e. The van der Waals surface area contributed by atoms with E-state index in [9.17, 15) is 9.59 Å². The van der Waals surface area contributed by atoms with Crippen molar-refractivity contribution >= 4 is 28.1 Å². The van der Waals surface area contributed by atoms with Crippen LogP contribution in [0.5, 0.6) is 0 Å². The van der Waals surface area contributed by atoms with Crippen LogP contribution < -0.4 is 0 Å². The summed E-state index contributed by atoms with van der Waals surface area (Å²) in [6.07, 6.45) is -0.147. The Morgan fingerprint density at radius 3 is 1.72 bits per heavy atom. The molecule has 0 spiro atoms. The van der Waals surface area contributed by atoms with E-state index >= 15 is 0 Å². The molecule has 0 bridgehead atoms. The number of hydrogen-bond acceptors (Lipinski definition) is 3. The van der Waals surface area contributed by atoms with Crippen LogP contribution in [0.4, 0.5) is 0 Å². The zero-order valence-corrected chi connectivity index (χ0v) is 14.9. The molecule has 0 aliphatic heterocycles. The summed E-state index contributed by atoms with van der Waals surface area (Å²) in [5, 5.41) is 0.673. The highest BCUT2D eigenvalue weighted by molar-refractivity contribution is 6.90. The molecule has 0 aliphatic rings. The fourth-order valence-electron chi connectivity index (χ4n) is 1.85. The molecule has 18 heavy (non-hydrogen) atoms. The van der Waals surface area contributed by atoms with Gasteiger partial charge in [-0.05, 0) is 13.8 Å². The van der Waals surface area contributed by atoms with Crippen molar-refractivity contribution in [2.45, 2.75) is 64.8 Å². The summed E-state index contributed by atoms with van der Waals surface area (Å²) in [5.74, 6) is 1.82. The Morgan fingerprint density at radius 1 is 1.06 bits per heavy atom. The molecule has 0 rings (SSSR count). The van der Waals surface area contributed by atoms with Crippen LogP contribution >= 0.6 is 0 Å². The SMILES string of the molecule is CC(C)OC(=O)C(C(=C=O)[Si](C)(C)C)[Si](C)(C)C.